The van der Waals surface area contributed by atoms with Gasteiger partial charge < -0.3 is 15.4 Å². The summed E-state index contributed by atoms with van der Waals surface area (Å²) in [4.78, 5) is 11.7. The van der Waals surface area contributed by atoms with Crippen LogP contribution in [0.4, 0.5) is 5.69 Å². The van der Waals surface area contributed by atoms with Gasteiger partial charge in [-0.15, -0.1) is 0 Å². The Balaban J connectivity index is 1.96. The molecular weight excluding hydrogens is 284 g/mol. The van der Waals surface area contributed by atoms with E-state index in [-0.39, 0.29) is 5.97 Å². The molecule has 5 heteroatoms. The lowest BCUT2D eigenvalue weighted by Crippen LogP contribution is -2.36. The molecule has 1 aliphatic rings. The number of aryl methyl sites for hydroxylation is 1. The molecule has 0 atom stereocenters. The summed E-state index contributed by atoms with van der Waals surface area (Å²) in [5.41, 5.74) is 2.45. The first-order chi connectivity index (χ1) is 10.1. The Morgan fingerprint density at radius 3 is 2.71 bits per heavy atom. The van der Waals surface area contributed by atoms with E-state index in [0.29, 0.717) is 23.3 Å². The molecule has 1 fully saturated rings. The Kier molecular flexibility index (Phi) is 5.56. The zero-order valence-electron chi connectivity index (χ0n) is 12.6. The Labute approximate surface area is 131 Å². The van der Waals surface area contributed by atoms with Crippen LogP contribution in [0, 0.1) is 6.92 Å². The first-order valence-corrected chi connectivity index (χ1v) is 7.86. The van der Waals surface area contributed by atoms with Gasteiger partial charge >= 0.3 is 5.97 Å². The number of thiocarbonyl (C=S) groups is 1. The Morgan fingerprint density at radius 2 is 2.10 bits per heavy atom. The maximum Gasteiger partial charge on any atom is 0.338 e. The largest absolute Gasteiger partial charge is 0.462 e. The molecule has 0 heterocycles. The van der Waals surface area contributed by atoms with E-state index in [2.05, 4.69) is 10.6 Å². The first kappa shape index (κ1) is 15.8. The second kappa shape index (κ2) is 7.41. The van der Waals surface area contributed by atoms with Crippen LogP contribution in [0.25, 0.3) is 0 Å². The minimum absolute atomic E-state index is 0.293. The van der Waals surface area contributed by atoms with Crippen LogP contribution in [-0.2, 0) is 4.74 Å². The van der Waals surface area contributed by atoms with Crippen molar-refractivity contribution >= 4 is 29.0 Å². The molecule has 21 heavy (non-hydrogen) atoms. The van der Waals surface area contributed by atoms with E-state index in [1.165, 1.54) is 25.7 Å². The Morgan fingerprint density at radius 1 is 1.38 bits per heavy atom. The van der Waals surface area contributed by atoms with Crippen molar-refractivity contribution in [1.82, 2.24) is 5.32 Å². The number of carbonyl (C=O) groups excluding carboxylic acids is 1. The molecule has 0 aliphatic heterocycles. The molecule has 114 valence electrons. The molecule has 4 nitrogen and oxygen atoms in total. The first-order valence-electron chi connectivity index (χ1n) is 7.45. The van der Waals surface area contributed by atoms with Crippen LogP contribution in [0.3, 0.4) is 0 Å². The van der Waals surface area contributed by atoms with Crippen LogP contribution in [0.5, 0.6) is 0 Å². The fourth-order valence-electron chi connectivity index (χ4n) is 2.56. The maximum atomic E-state index is 11.7. The lowest BCUT2D eigenvalue weighted by molar-refractivity contribution is 0.0526. The zero-order valence-corrected chi connectivity index (χ0v) is 13.4. The van der Waals surface area contributed by atoms with Gasteiger partial charge in [-0.2, -0.15) is 0 Å². The predicted octanol–water partition coefficient (Wildman–Crippen LogP) is 3.40. The smallest absolute Gasteiger partial charge is 0.338 e. The molecule has 2 rings (SSSR count). The van der Waals surface area contributed by atoms with Crippen molar-refractivity contribution in [3.8, 4) is 0 Å². The molecule has 2 N–H and O–H groups in total. The van der Waals surface area contributed by atoms with Gasteiger partial charge in [0.05, 0.1) is 12.2 Å². The van der Waals surface area contributed by atoms with Crippen molar-refractivity contribution in [2.24, 2.45) is 0 Å². The molecule has 0 spiro atoms. The van der Waals surface area contributed by atoms with E-state index in [0.717, 1.165) is 11.3 Å². The van der Waals surface area contributed by atoms with Crippen LogP contribution >= 0.6 is 12.2 Å². The zero-order chi connectivity index (χ0) is 15.2. The van der Waals surface area contributed by atoms with Gasteiger partial charge in [-0.3, -0.25) is 0 Å². The average molecular weight is 306 g/mol. The number of benzene rings is 1. The fourth-order valence-corrected chi connectivity index (χ4v) is 2.84. The third kappa shape index (κ3) is 4.43. The SMILES string of the molecule is CCOC(=O)c1ccc(NC(=S)NC2CCCC2)c(C)c1. The Hall–Kier alpha value is -1.62. The Bertz CT molecular complexity index is 525. The summed E-state index contributed by atoms with van der Waals surface area (Å²) < 4.78 is 5.00. The van der Waals surface area contributed by atoms with Gasteiger partial charge in [-0.05, 0) is 62.7 Å². The van der Waals surface area contributed by atoms with E-state index in [9.17, 15) is 4.79 Å². The van der Waals surface area contributed by atoms with Gasteiger partial charge in [0.1, 0.15) is 0 Å². The topological polar surface area (TPSA) is 50.4 Å². The number of ether oxygens (including phenoxy) is 1. The number of hydrogen-bond donors (Lipinski definition) is 2. The monoisotopic (exact) mass is 306 g/mol. The molecule has 1 aromatic rings. The fraction of sp³-hybridized carbons (Fsp3) is 0.500. The molecule has 0 saturated heterocycles. The van der Waals surface area contributed by atoms with Gasteiger partial charge in [0.15, 0.2) is 5.11 Å². The van der Waals surface area contributed by atoms with Gasteiger partial charge in [0.2, 0.25) is 0 Å². The molecule has 0 bridgehead atoms. The van der Waals surface area contributed by atoms with Crippen LogP contribution < -0.4 is 10.6 Å². The minimum atomic E-state index is -0.293. The molecule has 0 radical (unpaired) electrons. The van der Waals surface area contributed by atoms with Crippen LogP contribution in [0.1, 0.15) is 48.5 Å². The number of hydrogen-bond acceptors (Lipinski definition) is 3. The van der Waals surface area contributed by atoms with Crippen molar-refractivity contribution < 1.29 is 9.53 Å². The average Bonchev–Trinajstić information content (AvgIpc) is 2.94. The molecule has 0 unspecified atom stereocenters. The van der Waals surface area contributed by atoms with Crippen molar-refractivity contribution in [3.05, 3.63) is 29.3 Å². The molecule has 1 aliphatic carbocycles. The second-order valence-electron chi connectivity index (χ2n) is 5.33. The van der Waals surface area contributed by atoms with Crippen molar-refractivity contribution in [2.45, 2.75) is 45.6 Å². The number of carbonyl (C=O) groups is 1. The molecule has 0 aromatic heterocycles. The quantitative estimate of drug-likeness (QED) is 0.659. The number of nitrogens with one attached hydrogen (secondary N) is 2. The summed E-state index contributed by atoms with van der Waals surface area (Å²) in [6.07, 6.45) is 4.91. The highest BCUT2D eigenvalue weighted by molar-refractivity contribution is 7.80. The van der Waals surface area contributed by atoms with E-state index < -0.39 is 0 Å². The summed E-state index contributed by atoms with van der Waals surface area (Å²) >= 11 is 5.34. The van der Waals surface area contributed by atoms with Crippen LogP contribution in [-0.4, -0.2) is 23.7 Å². The third-order valence-corrected chi connectivity index (χ3v) is 3.90. The second-order valence-corrected chi connectivity index (χ2v) is 5.74. The molecule has 0 amide bonds. The third-order valence-electron chi connectivity index (χ3n) is 3.68. The summed E-state index contributed by atoms with van der Waals surface area (Å²) in [7, 11) is 0. The standard InChI is InChI=1S/C16H22N2O2S/c1-3-20-15(19)12-8-9-14(11(2)10-12)18-16(21)17-13-6-4-5-7-13/h8-10,13H,3-7H2,1-2H3,(H2,17,18,21). The van der Waals surface area contributed by atoms with E-state index in [4.69, 9.17) is 17.0 Å². The summed E-state index contributed by atoms with van der Waals surface area (Å²) in [5, 5.41) is 7.19. The normalized spacial score (nSPS) is 14.8. The van der Waals surface area contributed by atoms with Crippen LogP contribution in [0.15, 0.2) is 18.2 Å². The van der Waals surface area contributed by atoms with Crippen LogP contribution in [0.2, 0.25) is 0 Å². The summed E-state index contributed by atoms with van der Waals surface area (Å²) in [5.74, 6) is -0.293. The highest BCUT2D eigenvalue weighted by Crippen LogP contribution is 2.19. The van der Waals surface area contributed by atoms with Gasteiger partial charge in [-0.1, -0.05) is 12.8 Å². The lowest BCUT2D eigenvalue weighted by Gasteiger charge is -2.17. The number of anilines is 1. The van der Waals surface area contributed by atoms with Crippen molar-refractivity contribution in [2.75, 3.05) is 11.9 Å². The summed E-state index contributed by atoms with van der Waals surface area (Å²) in [6, 6.07) is 5.93. The van der Waals surface area contributed by atoms with Gasteiger partial charge in [-0.25, -0.2) is 4.79 Å². The highest BCUT2D eigenvalue weighted by atomic mass is 32.1. The number of esters is 1. The summed E-state index contributed by atoms with van der Waals surface area (Å²) in [6.45, 7) is 4.13. The molecule has 1 saturated carbocycles. The van der Waals surface area contributed by atoms with E-state index >= 15 is 0 Å². The van der Waals surface area contributed by atoms with E-state index in [1.54, 1.807) is 13.0 Å². The highest BCUT2D eigenvalue weighted by Gasteiger charge is 2.16. The predicted molar refractivity (Wildman–Crippen MR) is 88.7 cm³/mol. The van der Waals surface area contributed by atoms with E-state index in [1.807, 2.05) is 19.1 Å². The van der Waals surface area contributed by atoms with Gasteiger partial charge in [0.25, 0.3) is 0 Å². The van der Waals surface area contributed by atoms with Gasteiger partial charge in [0, 0.05) is 11.7 Å². The lowest BCUT2D eigenvalue weighted by atomic mass is 10.1. The minimum Gasteiger partial charge on any atom is -0.462 e. The van der Waals surface area contributed by atoms with Crippen molar-refractivity contribution in [3.63, 3.8) is 0 Å². The number of rotatable bonds is 4. The molecular formula is C16H22N2O2S. The molecule has 1 aromatic carbocycles. The maximum absolute atomic E-state index is 11.7. The van der Waals surface area contributed by atoms with Crippen molar-refractivity contribution in [1.29, 1.82) is 0 Å².